The van der Waals surface area contributed by atoms with Crippen molar-refractivity contribution in [3.63, 3.8) is 0 Å². The van der Waals surface area contributed by atoms with Crippen molar-refractivity contribution in [1.29, 1.82) is 0 Å². The Labute approximate surface area is 103 Å². The zero-order chi connectivity index (χ0) is 13.0. The van der Waals surface area contributed by atoms with Crippen molar-refractivity contribution in [2.75, 3.05) is 0 Å². The molecule has 0 fully saturated rings. The van der Waals surface area contributed by atoms with Gasteiger partial charge in [-0.2, -0.15) is 0 Å². The first-order valence-electron chi connectivity index (χ1n) is 5.46. The van der Waals surface area contributed by atoms with Crippen molar-refractivity contribution in [2.24, 2.45) is 0 Å². The topological polar surface area (TPSA) is 29.5 Å². The van der Waals surface area contributed by atoms with Gasteiger partial charge in [-0.3, -0.25) is 0 Å². The van der Waals surface area contributed by atoms with Gasteiger partial charge in [-0.1, -0.05) is 18.2 Å². The van der Waals surface area contributed by atoms with Crippen LogP contribution >= 0.6 is 0 Å². The number of hydrogen-bond acceptors (Lipinski definition) is 2. The summed E-state index contributed by atoms with van der Waals surface area (Å²) in [5.74, 6) is -0.800. The van der Waals surface area contributed by atoms with Gasteiger partial charge in [-0.15, -0.1) is 0 Å². The van der Waals surface area contributed by atoms with Gasteiger partial charge < -0.3 is 9.84 Å². The van der Waals surface area contributed by atoms with E-state index in [9.17, 15) is 8.78 Å². The number of hydrogen-bond donors (Lipinski definition) is 1. The van der Waals surface area contributed by atoms with Crippen LogP contribution in [-0.4, -0.2) is 5.11 Å². The van der Waals surface area contributed by atoms with E-state index >= 15 is 0 Å². The second-order valence-corrected chi connectivity index (χ2v) is 3.79. The number of halogens is 2. The molecule has 0 radical (unpaired) electrons. The van der Waals surface area contributed by atoms with Gasteiger partial charge in [0.05, 0.1) is 12.2 Å². The lowest BCUT2D eigenvalue weighted by molar-refractivity contribution is 0.275. The summed E-state index contributed by atoms with van der Waals surface area (Å²) in [6.07, 6.45) is 0. The van der Waals surface area contributed by atoms with Crippen LogP contribution < -0.4 is 4.74 Å². The molecule has 0 saturated carbocycles. The fourth-order valence-electron chi connectivity index (χ4n) is 1.56. The number of benzene rings is 2. The largest absolute Gasteiger partial charge is 0.489 e. The van der Waals surface area contributed by atoms with Crippen LogP contribution in [0.25, 0.3) is 0 Å². The van der Waals surface area contributed by atoms with E-state index < -0.39 is 11.6 Å². The number of aliphatic hydroxyl groups excluding tert-OH is 1. The van der Waals surface area contributed by atoms with Crippen LogP contribution in [0, 0.1) is 11.6 Å². The molecule has 2 aromatic carbocycles. The van der Waals surface area contributed by atoms with E-state index in [1.54, 1.807) is 24.3 Å². The maximum absolute atomic E-state index is 13.3. The van der Waals surface area contributed by atoms with E-state index in [1.807, 2.05) is 0 Å². The molecular weight excluding hydrogens is 238 g/mol. The Kier molecular flexibility index (Phi) is 3.89. The van der Waals surface area contributed by atoms with Crippen molar-refractivity contribution < 1.29 is 18.6 Å². The van der Waals surface area contributed by atoms with E-state index in [4.69, 9.17) is 9.84 Å². The van der Waals surface area contributed by atoms with Gasteiger partial charge in [-0.25, -0.2) is 8.78 Å². The molecule has 2 nitrogen and oxygen atoms in total. The Hall–Kier alpha value is -1.94. The van der Waals surface area contributed by atoms with Crippen LogP contribution in [0.3, 0.4) is 0 Å². The van der Waals surface area contributed by atoms with E-state index in [0.717, 1.165) is 0 Å². The van der Waals surface area contributed by atoms with E-state index in [0.29, 0.717) is 11.3 Å². The standard InChI is InChI=1S/C14H12F2O2/c15-13-5-2-6-14(16)12(13)9-18-11-4-1-3-10(7-11)8-17/h1-7,17H,8-9H2. The van der Waals surface area contributed by atoms with Crippen molar-refractivity contribution in [3.8, 4) is 5.75 Å². The minimum atomic E-state index is -0.631. The third kappa shape index (κ3) is 2.84. The molecule has 0 aliphatic carbocycles. The molecule has 2 rings (SSSR count). The van der Waals surface area contributed by atoms with Crippen LogP contribution in [0.5, 0.6) is 5.75 Å². The van der Waals surface area contributed by atoms with Gasteiger partial charge in [0, 0.05) is 0 Å². The second kappa shape index (κ2) is 5.60. The molecule has 0 saturated heterocycles. The lowest BCUT2D eigenvalue weighted by Gasteiger charge is -2.08. The Morgan fingerprint density at radius 2 is 1.67 bits per heavy atom. The fraction of sp³-hybridized carbons (Fsp3) is 0.143. The molecule has 0 amide bonds. The highest BCUT2D eigenvalue weighted by molar-refractivity contribution is 5.28. The first-order chi connectivity index (χ1) is 8.70. The third-order valence-electron chi connectivity index (χ3n) is 2.53. The molecule has 0 spiro atoms. The van der Waals surface area contributed by atoms with E-state index in [-0.39, 0.29) is 18.8 Å². The highest BCUT2D eigenvalue weighted by atomic mass is 19.1. The lowest BCUT2D eigenvalue weighted by Crippen LogP contribution is -2.02. The third-order valence-corrected chi connectivity index (χ3v) is 2.53. The quantitative estimate of drug-likeness (QED) is 0.903. The molecule has 4 heteroatoms. The van der Waals surface area contributed by atoms with E-state index in [1.165, 1.54) is 18.2 Å². The summed E-state index contributed by atoms with van der Waals surface area (Å²) >= 11 is 0. The molecule has 94 valence electrons. The summed E-state index contributed by atoms with van der Waals surface area (Å²) in [6, 6.07) is 10.4. The molecule has 0 unspecified atom stereocenters. The van der Waals surface area contributed by atoms with Crippen molar-refractivity contribution in [1.82, 2.24) is 0 Å². The minimum Gasteiger partial charge on any atom is -0.489 e. The molecule has 0 aliphatic heterocycles. The van der Waals surface area contributed by atoms with Gasteiger partial charge >= 0.3 is 0 Å². The number of ether oxygens (including phenoxy) is 1. The van der Waals surface area contributed by atoms with Gasteiger partial charge in [0.1, 0.15) is 24.0 Å². The maximum Gasteiger partial charge on any atom is 0.132 e. The molecule has 0 heterocycles. The molecule has 1 N–H and O–H groups in total. The molecule has 2 aromatic rings. The van der Waals surface area contributed by atoms with Crippen LogP contribution in [0.4, 0.5) is 8.78 Å². The molecule has 0 aliphatic rings. The summed E-state index contributed by atoms with van der Waals surface area (Å²) in [7, 11) is 0. The van der Waals surface area contributed by atoms with Crippen molar-refractivity contribution >= 4 is 0 Å². The molecule has 0 atom stereocenters. The SMILES string of the molecule is OCc1cccc(OCc2c(F)cccc2F)c1. The second-order valence-electron chi connectivity index (χ2n) is 3.79. The average Bonchev–Trinajstić information content (AvgIpc) is 2.38. The molecule has 0 bridgehead atoms. The Morgan fingerprint density at radius 3 is 2.33 bits per heavy atom. The number of aliphatic hydroxyl groups is 1. The Bertz CT molecular complexity index is 521. The summed E-state index contributed by atoms with van der Waals surface area (Å²) < 4.78 is 32.0. The van der Waals surface area contributed by atoms with Crippen LogP contribution in [0.1, 0.15) is 11.1 Å². The first-order valence-corrected chi connectivity index (χ1v) is 5.46. The summed E-state index contributed by atoms with van der Waals surface area (Å²) in [4.78, 5) is 0. The van der Waals surface area contributed by atoms with Gasteiger partial charge in [0.2, 0.25) is 0 Å². The normalized spacial score (nSPS) is 10.4. The molecular formula is C14H12F2O2. The van der Waals surface area contributed by atoms with Crippen molar-refractivity contribution in [2.45, 2.75) is 13.2 Å². The van der Waals surface area contributed by atoms with Gasteiger partial charge in [0.25, 0.3) is 0 Å². The van der Waals surface area contributed by atoms with Gasteiger partial charge in [0.15, 0.2) is 0 Å². The maximum atomic E-state index is 13.3. The lowest BCUT2D eigenvalue weighted by atomic mass is 10.2. The van der Waals surface area contributed by atoms with Crippen LogP contribution in [0.15, 0.2) is 42.5 Å². The summed E-state index contributed by atoms with van der Waals surface area (Å²) in [5, 5.41) is 8.96. The predicted molar refractivity (Wildman–Crippen MR) is 63.1 cm³/mol. The molecule has 0 aromatic heterocycles. The summed E-state index contributed by atoms with van der Waals surface area (Å²) in [6.45, 7) is -0.293. The fourth-order valence-corrected chi connectivity index (χ4v) is 1.56. The predicted octanol–water partition coefficient (Wildman–Crippen LogP) is 3.04. The highest BCUT2D eigenvalue weighted by Gasteiger charge is 2.08. The number of rotatable bonds is 4. The Morgan fingerprint density at radius 1 is 1.00 bits per heavy atom. The van der Waals surface area contributed by atoms with Crippen LogP contribution in [-0.2, 0) is 13.2 Å². The first kappa shape index (κ1) is 12.5. The zero-order valence-corrected chi connectivity index (χ0v) is 9.57. The average molecular weight is 250 g/mol. The van der Waals surface area contributed by atoms with Crippen LogP contribution in [0.2, 0.25) is 0 Å². The minimum absolute atomic E-state index is 0.105. The Balaban J connectivity index is 2.11. The summed E-state index contributed by atoms with van der Waals surface area (Å²) in [5.41, 5.74) is 0.577. The molecule has 18 heavy (non-hydrogen) atoms. The van der Waals surface area contributed by atoms with Crippen molar-refractivity contribution in [3.05, 3.63) is 65.2 Å². The highest BCUT2D eigenvalue weighted by Crippen LogP contribution is 2.18. The van der Waals surface area contributed by atoms with E-state index in [2.05, 4.69) is 0 Å². The van der Waals surface area contributed by atoms with Gasteiger partial charge in [-0.05, 0) is 29.8 Å². The monoisotopic (exact) mass is 250 g/mol. The smallest absolute Gasteiger partial charge is 0.132 e. The zero-order valence-electron chi connectivity index (χ0n) is 9.57.